The number of halogens is 2. The van der Waals surface area contributed by atoms with Crippen molar-refractivity contribution >= 4 is 10.8 Å². The quantitative estimate of drug-likeness (QED) is 0.446. The average molecular weight is 397 g/mol. The van der Waals surface area contributed by atoms with Crippen LogP contribution in [0.5, 0.6) is 0 Å². The number of allylic oxidation sites excluding steroid dienone is 2. The van der Waals surface area contributed by atoms with Crippen LogP contribution in [-0.2, 0) is 6.42 Å². The van der Waals surface area contributed by atoms with Crippen molar-refractivity contribution in [1.29, 1.82) is 0 Å². The molecule has 0 heterocycles. The molecular weight excluding hydrogens is 362 g/mol. The lowest BCUT2D eigenvalue weighted by Crippen LogP contribution is -2.30. The molecule has 0 nitrogen and oxygen atoms in total. The number of rotatable bonds is 5. The maximum atomic E-state index is 15.1. The van der Waals surface area contributed by atoms with Gasteiger partial charge in [-0.3, -0.25) is 0 Å². The minimum atomic E-state index is -0.212. The summed E-state index contributed by atoms with van der Waals surface area (Å²) in [4.78, 5) is 0. The van der Waals surface area contributed by atoms with Crippen molar-refractivity contribution < 1.29 is 8.78 Å². The SMILES string of the molecule is CC=CCCc1cc(F)c2cc(C3CCC4CC(CC)CCC4C3)c(F)cc2c1. The summed E-state index contributed by atoms with van der Waals surface area (Å²) in [6, 6.07) is 6.99. The predicted octanol–water partition coefficient (Wildman–Crippen LogP) is 8.34. The molecule has 2 fully saturated rings. The minimum Gasteiger partial charge on any atom is -0.207 e. The summed E-state index contributed by atoms with van der Waals surface area (Å²) < 4.78 is 29.9. The lowest BCUT2D eigenvalue weighted by molar-refractivity contribution is 0.115. The molecule has 2 saturated carbocycles. The number of benzene rings is 2. The third-order valence-electron chi connectivity index (χ3n) is 7.65. The van der Waals surface area contributed by atoms with Gasteiger partial charge in [-0.15, -0.1) is 0 Å². The van der Waals surface area contributed by atoms with Gasteiger partial charge in [-0.05, 0) is 110 Å². The first kappa shape index (κ1) is 20.6. The second-order valence-electron chi connectivity index (χ2n) is 9.40. The number of aryl methyl sites for hydroxylation is 1. The summed E-state index contributed by atoms with van der Waals surface area (Å²) in [6.45, 7) is 4.29. The van der Waals surface area contributed by atoms with E-state index in [1.54, 1.807) is 12.1 Å². The van der Waals surface area contributed by atoms with Crippen LogP contribution in [0, 0.1) is 29.4 Å². The highest BCUT2D eigenvalue weighted by Crippen LogP contribution is 2.48. The Morgan fingerprint density at radius 3 is 2.52 bits per heavy atom. The van der Waals surface area contributed by atoms with Crippen LogP contribution in [0.2, 0.25) is 0 Å². The van der Waals surface area contributed by atoms with Gasteiger partial charge in [-0.2, -0.15) is 0 Å². The molecule has 0 bridgehead atoms. The predicted molar refractivity (Wildman–Crippen MR) is 118 cm³/mol. The molecule has 0 saturated heterocycles. The van der Waals surface area contributed by atoms with E-state index >= 15 is 4.39 Å². The molecule has 0 radical (unpaired) electrons. The Bertz CT molecular complexity index is 882. The van der Waals surface area contributed by atoms with Crippen molar-refractivity contribution in [3.63, 3.8) is 0 Å². The van der Waals surface area contributed by atoms with Crippen LogP contribution in [-0.4, -0.2) is 0 Å². The largest absolute Gasteiger partial charge is 0.207 e. The number of fused-ring (bicyclic) bond motifs is 2. The second-order valence-corrected chi connectivity index (χ2v) is 9.40. The molecule has 156 valence electrons. The molecule has 2 aromatic rings. The van der Waals surface area contributed by atoms with E-state index in [9.17, 15) is 4.39 Å². The molecule has 4 atom stereocenters. The molecule has 29 heavy (non-hydrogen) atoms. The van der Waals surface area contributed by atoms with Gasteiger partial charge in [0.05, 0.1) is 0 Å². The summed E-state index contributed by atoms with van der Waals surface area (Å²) in [5, 5.41) is 1.27. The smallest absolute Gasteiger partial charge is 0.131 e. The lowest BCUT2D eigenvalue weighted by atomic mass is 9.63. The first-order chi connectivity index (χ1) is 14.1. The Hall–Kier alpha value is -1.70. The fraction of sp³-hybridized carbons (Fsp3) is 0.556. The van der Waals surface area contributed by atoms with E-state index in [2.05, 4.69) is 13.0 Å². The maximum absolute atomic E-state index is 15.1. The molecule has 2 aromatic carbocycles. The summed E-state index contributed by atoms with van der Waals surface area (Å²) in [5.74, 6) is 2.33. The molecule has 2 heteroatoms. The van der Waals surface area contributed by atoms with Gasteiger partial charge < -0.3 is 0 Å². The molecule has 4 unspecified atom stereocenters. The van der Waals surface area contributed by atoms with E-state index in [1.165, 1.54) is 32.1 Å². The zero-order chi connectivity index (χ0) is 20.4. The van der Waals surface area contributed by atoms with Crippen LogP contribution in [0.4, 0.5) is 8.78 Å². The van der Waals surface area contributed by atoms with Crippen LogP contribution in [0.25, 0.3) is 10.8 Å². The van der Waals surface area contributed by atoms with Gasteiger partial charge >= 0.3 is 0 Å². The van der Waals surface area contributed by atoms with E-state index in [4.69, 9.17) is 0 Å². The molecule has 0 aromatic heterocycles. The van der Waals surface area contributed by atoms with Gasteiger partial charge in [0.25, 0.3) is 0 Å². The molecule has 4 rings (SSSR count). The summed E-state index contributed by atoms with van der Waals surface area (Å²) in [6.07, 6.45) is 14.3. The molecule has 0 spiro atoms. The van der Waals surface area contributed by atoms with Crippen molar-refractivity contribution in [2.24, 2.45) is 17.8 Å². The van der Waals surface area contributed by atoms with Gasteiger partial charge in [0.15, 0.2) is 0 Å². The second kappa shape index (κ2) is 8.98. The Balaban J connectivity index is 1.56. The molecular formula is C27H34F2. The van der Waals surface area contributed by atoms with E-state index in [0.717, 1.165) is 54.6 Å². The van der Waals surface area contributed by atoms with Crippen LogP contribution in [0.3, 0.4) is 0 Å². The van der Waals surface area contributed by atoms with Gasteiger partial charge in [-0.25, -0.2) is 8.78 Å². The standard InChI is InChI=1S/C27H34F2/c1-3-5-6-7-19-13-23-16-27(29)24(17-25(23)26(28)14-19)22-11-10-20-12-18(4-2)8-9-21(20)15-22/h3,5,13-14,16-18,20-22H,4,6-12,15H2,1-2H3. The highest BCUT2D eigenvalue weighted by molar-refractivity contribution is 5.85. The monoisotopic (exact) mass is 396 g/mol. The van der Waals surface area contributed by atoms with Crippen molar-refractivity contribution in [2.45, 2.75) is 77.6 Å². The fourth-order valence-corrected chi connectivity index (χ4v) is 5.93. The summed E-state index contributed by atoms with van der Waals surface area (Å²) >= 11 is 0. The minimum absolute atomic E-state index is 0.145. The Kier molecular flexibility index (Phi) is 6.37. The van der Waals surface area contributed by atoms with Crippen LogP contribution in [0.1, 0.15) is 82.3 Å². The molecule has 0 amide bonds. The van der Waals surface area contributed by atoms with Crippen LogP contribution >= 0.6 is 0 Å². The maximum Gasteiger partial charge on any atom is 0.131 e. The van der Waals surface area contributed by atoms with Crippen molar-refractivity contribution in [3.8, 4) is 0 Å². The van der Waals surface area contributed by atoms with E-state index in [0.29, 0.717) is 10.8 Å². The fourth-order valence-electron chi connectivity index (χ4n) is 5.93. The van der Waals surface area contributed by atoms with Crippen LogP contribution < -0.4 is 0 Å². The lowest BCUT2D eigenvalue weighted by Gasteiger charge is -2.42. The zero-order valence-corrected chi connectivity index (χ0v) is 17.9. The van der Waals surface area contributed by atoms with E-state index < -0.39 is 0 Å². The highest BCUT2D eigenvalue weighted by atomic mass is 19.1. The first-order valence-corrected chi connectivity index (χ1v) is 11.6. The number of hydrogen-bond acceptors (Lipinski definition) is 0. The van der Waals surface area contributed by atoms with Gasteiger partial charge in [0.2, 0.25) is 0 Å². The van der Waals surface area contributed by atoms with Crippen LogP contribution in [0.15, 0.2) is 36.4 Å². The van der Waals surface area contributed by atoms with Crippen molar-refractivity contribution in [1.82, 2.24) is 0 Å². The Morgan fingerprint density at radius 2 is 1.72 bits per heavy atom. The zero-order valence-electron chi connectivity index (χ0n) is 17.9. The average Bonchev–Trinajstić information content (AvgIpc) is 2.73. The third-order valence-corrected chi connectivity index (χ3v) is 7.65. The number of hydrogen-bond donors (Lipinski definition) is 0. The molecule has 2 aliphatic carbocycles. The summed E-state index contributed by atoms with van der Waals surface area (Å²) in [7, 11) is 0. The van der Waals surface area contributed by atoms with Crippen molar-refractivity contribution in [3.05, 3.63) is 59.2 Å². The Labute approximate surface area is 174 Å². The van der Waals surface area contributed by atoms with Crippen molar-refractivity contribution in [2.75, 3.05) is 0 Å². The van der Waals surface area contributed by atoms with E-state index in [1.807, 2.05) is 25.1 Å². The Morgan fingerprint density at radius 1 is 0.931 bits per heavy atom. The topological polar surface area (TPSA) is 0 Å². The van der Waals surface area contributed by atoms with E-state index in [-0.39, 0.29) is 17.6 Å². The third kappa shape index (κ3) is 4.42. The summed E-state index contributed by atoms with van der Waals surface area (Å²) in [5.41, 5.74) is 1.68. The molecule has 0 N–H and O–H groups in total. The first-order valence-electron chi connectivity index (χ1n) is 11.6. The molecule has 2 aliphatic rings. The van der Waals surface area contributed by atoms with Gasteiger partial charge in [0.1, 0.15) is 11.6 Å². The molecule has 0 aliphatic heterocycles. The normalized spacial score (nSPS) is 27.4. The van der Waals surface area contributed by atoms with Gasteiger partial charge in [-0.1, -0.05) is 38.0 Å². The van der Waals surface area contributed by atoms with Gasteiger partial charge in [0, 0.05) is 5.39 Å². The highest BCUT2D eigenvalue weighted by Gasteiger charge is 2.36.